The highest BCUT2D eigenvalue weighted by Gasteiger charge is 2.31. The van der Waals surface area contributed by atoms with E-state index in [-0.39, 0.29) is 22.6 Å². The maximum absolute atomic E-state index is 13.5. The van der Waals surface area contributed by atoms with Crippen molar-refractivity contribution in [3.63, 3.8) is 0 Å². The zero-order valence-electron chi connectivity index (χ0n) is 20.4. The van der Waals surface area contributed by atoms with Crippen molar-refractivity contribution in [3.8, 4) is 0 Å². The van der Waals surface area contributed by atoms with Crippen LogP contribution in [0.25, 0.3) is 11.0 Å². The second-order valence-corrected chi connectivity index (χ2v) is 11.3. The SMILES string of the molecule is CCN1CCC[C@@H]1CNS(=O)(=O)c1c(C)c(C)cc2c(C)c(C(=O)N3CCCCCC3)oc12. The van der Waals surface area contributed by atoms with Gasteiger partial charge in [0.2, 0.25) is 10.0 Å². The van der Waals surface area contributed by atoms with Crippen molar-refractivity contribution in [1.82, 2.24) is 14.5 Å². The summed E-state index contributed by atoms with van der Waals surface area (Å²) >= 11 is 0. The molecule has 0 spiro atoms. The molecule has 0 aliphatic carbocycles. The highest BCUT2D eigenvalue weighted by Crippen LogP contribution is 2.35. The molecule has 1 N–H and O–H groups in total. The van der Waals surface area contributed by atoms with E-state index >= 15 is 0 Å². The summed E-state index contributed by atoms with van der Waals surface area (Å²) in [4.78, 5) is 17.6. The summed E-state index contributed by atoms with van der Waals surface area (Å²) < 4.78 is 36.0. The van der Waals surface area contributed by atoms with Crippen LogP contribution in [0.5, 0.6) is 0 Å². The maximum Gasteiger partial charge on any atom is 0.289 e. The van der Waals surface area contributed by atoms with Crippen LogP contribution in [0.4, 0.5) is 0 Å². The third-order valence-electron chi connectivity index (χ3n) is 7.46. The van der Waals surface area contributed by atoms with Crippen molar-refractivity contribution >= 4 is 26.9 Å². The summed E-state index contributed by atoms with van der Waals surface area (Å²) in [6, 6.07) is 2.15. The second-order valence-electron chi connectivity index (χ2n) is 9.56. The molecule has 7 nitrogen and oxygen atoms in total. The molecule has 0 bridgehead atoms. The number of fused-ring (bicyclic) bond motifs is 1. The molecule has 1 atom stereocenters. The fourth-order valence-electron chi connectivity index (χ4n) is 5.31. The molecular formula is C25H37N3O4S. The van der Waals surface area contributed by atoms with Gasteiger partial charge >= 0.3 is 0 Å². The number of furan rings is 1. The Kier molecular flexibility index (Phi) is 7.17. The number of likely N-dealkylation sites (N-methyl/N-ethyl adjacent to an activating group) is 1. The van der Waals surface area contributed by atoms with Crippen molar-refractivity contribution in [2.24, 2.45) is 0 Å². The number of aryl methyl sites for hydroxylation is 2. The van der Waals surface area contributed by atoms with Crippen LogP contribution in [-0.4, -0.2) is 62.9 Å². The molecule has 1 aromatic carbocycles. The third-order valence-corrected chi connectivity index (χ3v) is 9.04. The number of hydrogen-bond donors (Lipinski definition) is 1. The summed E-state index contributed by atoms with van der Waals surface area (Å²) in [7, 11) is -3.81. The standard InChI is InChI=1S/C25H37N3O4S/c1-5-27-14-10-11-20(27)16-26-33(30,31)24-18(3)17(2)15-21-19(4)22(32-23(21)24)25(29)28-12-8-6-7-9-13-28/h15,20,26H,5-14,16H2,1-4H3/t20-/m1/s1. The molecule has 2 aromatic rings. The number of hydrogen-bond acceptors (Lipinski definition) is 5. The number of nitrogens with one attached hydrogen (secondary N) is 1. The summed E-state index contributed by atoms with van der Waals surface area (Å²) in [6.45, 7) is 11.4. The molecule has 8 heteroatoms. The van der Waals surface area contributed by atoms with Crippen molar-refractivity contribution in [2.45, 2.75) is 77.2 Å². The fraction of sp³-hybridized carbons (Fsp3) is 0.640. The Morgan fingerprint density at radius 1 is 1.06 bits per heavy atom. The highest BCUT2D eigenvalue weighted by molar-refractivity contribution is 7.89. The van der Waals surface area contributed by atoms with Crippen LogP contribution in [0.1, 0.15) is 72.7 Å². The summed E-state index contributed by atoms with van der Waals surface area (Å²) in [5.41, 5.74) is 2.54. The van der Waals surface area contributed by atoms with Crippen LogP contribution >= 0.6 is 0 Å². The van der Waals surface area contributed by atoms with Gasteiger partial charge in [0.1, 0.15) is 4.90 Å². The van der Waals surface area contributed by atoms with Crippen LogP contribution in [-0.2, 0) is 10.0 Å². The van der Waals surface area contributed by atoms with Crippen molar-refractivity contribution in [3.05, 3.63) is 28.5 Å². The third kappa shape index (κ3) is 4.70. The Morgan fingerprint density at radius 2 is 1.76 bits per heavy atom. The van der Waals surface area contributed by atoms with Gasteiger partial charge in [-0.15, -0.1) is 0 Å². The number of sulfonamides is 1. The van der Waals surface area contributed by atoms with Gasteiger partial charge in [-0.05, 0) is 76.7 Å². The minimum atomic E-state index is -3.81. The second kappa shape index (κ2) is 9.76. The molecule has 2 saturated heterocycles. The van der Waals surface area contributed by atoms with Crippen LogP contribution in [0.3, 0.4) is 0 Å². The smallest absolute Gasteiger partial charge is 0.289 e. The summed E-state index contributed by atoms with van der Waals surface area (Å²) in [6.07, 6.45) is 6.32. The molecule has 0 radical (unpaired) electrons. The van der Waals surface area contributed by atoms with E-state index < -0.39 is 10.0 Å². The van der Waals surface area contributed by atoms with Crippen LogP contribution in [0.2, 0.25) is 0 Å². The van der Waals surface area contributed by atoms with Gasteiger partial charge < -0.3 is 9.32 Å². The molecule has 3 heterocycles. The minimum absolute atomic E-state index is 0.137. The van der Waals surface area contributed by atoms with Gasteiger partial charge in [0.15, 0.2) is 11.3 Å². The molecule has 0 saturated carbocycles. The van der Waals surface area contributed by atoms with E-state index in [0.717, 1.165) is 70.3 Å². The van der Waals surface area contributed by atoms with E-state index in [1.54, 1.807) is 0 Å². The molecule has 182 valence electrons. The van der Waals surface area contributed by atoms with Crippen molar-refractivity contribution in [1.29, 1.82) is 0 Å². The molecule has 1 aromatic heterocycles. The van der Waals surface area contributed by atoms with E-state index in [0.29, 0.717) is 28.6 Å². The normalized spacial score (nSPS) is 20.5. The molecule has 1 amide bonds. The lowest BCUT2D eigenvalue weighted by Crippen LogP contribution is -2.40. The Hall–Kier alpha value is -1.90. The number of benzene rings is 1. The van der Waals surface area contributed by atoms with Gasteiger partial charge in [-0.3, -0.25) is 9.69 Å². The Balaban J connectivity index is 1.71. The van der Waals surface area contributed by atoms with Crippen LogP contribution < -0.4 is 4.72 Å². The Morgan fingerprint density at radius 3 is 2.42 bits per heavy atom. The number of carbonyl (C=O) groups excluding carboxylic acids is 1. The first-order valence-electron chi connectivity index (χ1n) is 12.3. The van der Waals surface area contributed by atoms with Gasteiger partial charge in [-0.2, -0.15) is 0 Å². The average Bonchev–Trinajstić information content (AvgIpc) is 3.25. The first kappa shape index (κ1) is 24.2. The lowest BCUT2D eigenvalue weighted by molar-refractivity contribution is 0.0731. The molecular weight excluding hydrogens is 438 g/mol. The van der Waals surface area contributed by atoms with Gasteiger partial charge in [0.25, 0.3) is 5.91 Å². The first-order chi connectivity index (χ1) is 15.7. The molecule has 2 aliphatic rings. The predicted octanol–water partition coefficient (Wildman–Crippen LogP) is 4.14. The van der Waals surface area contributed by atoms with Gasteiger partial charge in [0, 0.05) is 36.6 Å². The molecule has 2 fully saturated rings. The molecule has 4 rings (SSSR count). The Bertz CT molecular complexity index is 1130. The first-order valence-corrected chi connectivity index (χ1v) is 13.8. The highest BCUT2D eigenvalue weighted by atomic mass is 32.2. The predicted molar refractivity (Wildman–Crippen MR) is 130 cm³/mol. The molecule has 0 unspecified atom stereocenters. The molecule has 2 aliphatic heterocycles. The number of rotatable bonds is 6. The lowest BCUT2D eigenvalue weighted by atomic mass is 10.0. The largest absolute Gasteiger partial charge is 0.449 e. The lowest BCUT2D eigenvalue weighted by Gasteiger charge is -2.23. The number of amides is 1. The van der Waals surface area contributed by atoms with E-state index in [4.69, 9.17) is 4.42 Å². The number of likely N-dealkylation sites (tertiary alicyclic amines) is 2. The monoisotopic (exact) mass is 475 g/mol. The zero-order chi connectivity index (χ0) is 23.8. The number of nitrogens with zero attached hydrogens (tertiary/aromatic N) is 2. The minimum Gasteiger partial charge on any atom is -0.449 e. The maximum atomic E-state index is 13.5. The van der Waals surface area contributed by atoms with Crippen LogP contribution in [0, 0.1) is 20.8 Å². The van der Waals surface area contributed by atoms with Gasteiger partial charge in [-0.1, -0.05) is 19.8 Å². The molecule has 33 heavy (non-hydrogen) atoms. The topological polar surface area (TPSA) is 82.9 Å². The van der Waals surface area contributed by atoms with Crippen LogP contribution in [0.15, 0.2) is 15.4 Å². The Labute approximate surface area is 197 Å². The van der Waals surface area contributed by atoms with E-state index in [1.165, 1.54) is 0 Å². The average molecular weight is 476 g/mol. The van der Waals surface area contributed by atoms with Crippen molar-refractivity contribution in [2.75, 3.05) is 32.7 Å². The number of carbonyl (C=O) groups is 1. The zero-order valence-corrected chi connectivity index (χ0v) is 21.2. The summed E-state index contributed by atoms with van der Waals surface area (Å²) in [5.74, 6) is 0.128. The van der Waals surface area contributed by atoms with Gasteiger partial charge in [0.05, 0.1) is 0 Å². The van der Waals surface area contributed by atoms with Crippen molar-refractivity contribution < 1.29 is 17.6 Å². The quantitative estimate of drug-likeness (QED) is 0.679. The van der Waals surface area contributed by atoms with E-state index in [9.17, 15) is 13.2 Å². The summed E-state index contributed by atoms with van der Waals surface area (Å²) in [5, 5.41) is 0.702. The van der Waals surface area contributed by atoms with Gasteiger partial charge in [-0.25, -0.2) is 13.1 Å². The fourth-order valence-corrected chi connectivity index (χ4v) is 6.82. The van der Waals surface area contributed by atoms with E-state index in [2.05, 4.69) is 16.5 Å². The van der Waals surface area contributed by atoms with E-state index in [1.807, 2.05) is 31.7 Å².